The van der Waals surface area contributed by atoms with E-state index in [2.05, 4.69) is 53.2 Å². The third-order valence-corrected chi connectivity index (χ3v) is 11.6. The second kappa shape index (κ2) is 42.3. The normalized spacial score (nSPS) is 13.9. The molecular formula is C50H85N11O15-2. The molecule has 5 atom stereocenters. The fraction of sp³-hybridized carbons (Fsp3) is 0.740. The van der Waals surface area contributed by atoms with Gasteiger partial charge in [-0.2, -0.15) is 0 Å². The van der Waals surface area contributed by atoms with E-state index in [0.717, 1.165) is 13.8 Å². The Bertz CT molecular complexity index is 1830. The summed E-state index contributed by atoms with van der Waals surface area (Å²) in [5.74, 6) is -9.43. The number of carboxylic acid groups (broad SMARTS) is 2. The summed E-state index contributed by atoms with van der Waals surface area (Å²) >= 11 is 0. The zero-order valence-electron chi connectivity index (χ0n) is 44.9. The predicted molar refractivity (Wildman–Crippen MR) is 273 cm³/mol. The van der Waals surface area contributed by atoms with Crippen LogP contribution >= 0.6 is 0 Å². The Morgan fingerprint density at radius 1 is 0.382 bits per heavy atom. The fourth-order valence-corrected chi connectivity index (χ4v) is 6.79. The lowest BCUT2D eigenvalue weighted by Gasteiger charge is -2.20. The van der Waals surface area contributed by atoms with Crippen LogP contribution in [0.4, 0.5) is 0 Å². The molecule has 2 aliphatic carbocycles. The molecule has 76 heavy (non-hydrogen) atoms. The highest BCUT2D eigenvalue weighted by Gasteiger charge is 2.25. The van der Waals surface area contributed by atoms with Gasteiger partial charge in [0.25, 0.3) is 0 Å². The largest absolute Gasteiger partial charge is 0.550 e. The molecule has 11 amide bonds. The molecule has 0 saturated heterocycles. The molecule has 432 valence electrons. The second-order valence-corrected chi connectivity index (χ2v) is 18.6. The van der Waals surface area contributed by atoms with Crippen LogP contribution in [0.3, 0.4) is 0 Å². The van der Waals surface area contributed by atoms with Crippen LogP contribution in [0, 0.1) is 0 Å². The average molecular weight is 1080 g/mol. The summed E-state index contributed by atoms with van der Waals surface area (Å²) in [6.07, 6.45) is 12.5. The van der Waals surface area contributed by atoms with Crippen molar-refractivity contribution in [2.75, 3.05) is 32.7 Å². The molecule has 0 aromatic carbocycles. The fourth-order valence-electron chi connectivity index (χ4n) is 6.79. The number of carboxylic acids is 2. The van der Waals surface area contributed by atoms with E-state index in [0.29, 0.717) is 19.3 Å². The molecule has 2 aliphatic rings. The molecule has 26 nitrogen and oxygen atoms in total. The van der Waals surface area contributed by atoms with Crippen LogP contribution in [-0.2, 0) is 62.3 Å². The Labute approximate surface area is 445 Å². The van der Waals surface area contributed by atoms with Gasteiger partial charge in [-0.25, -0.2) is 0 Å². The lowest BCUT2D eigenvalue weighted by atomic mass is 10.0. The molecule has 5 unspecified atom stereocenters. The van der Waals surface area contributed by atoms with E-state index in [9.17, 15) is 72.5 Å². The second-order valence-electron chi connectivity index (χ2n) is 18.6. The number of hydrogen-bond acceptors (Lipinski definition) is 15. The molecule has 0 aromatic heterocycles. The molecule has 2 fully saturated rings. The Balaban J connectivity index is 0.00000636. The maximum Gasteiger partial charge on any atom is 0.242 e. The van der Waals surface area contributed by atoms with Gasteiger partial charge < -0.3 is 78.7 Å². The van der Waals surface area contributed by atoms with Gasteiger partial charge in [-0.1, -0.05) is 58.3 Å². The quantitative estimate of drug-likeness (QED) is 0.0277. The van der Waals surface area contributed by atoms with Gasteiger partial charge in [-0.3, -0.25) is 52.7 Å². The molecule has 0 aliphatic heterocycles. The first-order chi connectivity index (χ1) is 36.0. The number of unbranched alkanes of at least 4 members (excludes halogenated alkanes) is 2. The van der Waals surface area contributed by atoms with E-state index in [1.165, 1.54) is 58.3 Å². The minimum absolute atomic E-state index is 0.0139. The number of nitrogens with one attached hydrogen (secondary N) is 10. The lowest BCUT2D eigenvalue weighted by molar-refractivity contribution is -0.307. The smallest absolute Gasteiger partial charge is 0.242 e. The number of nitrogens with two attached hydrogens (primary N) is 1. The van der Waals surface area contributed by atoms with Gasteiger partial charge in [0.15, 0.2) is 0 Å². The topological polar surface area (TPSA) is 414 Å². The number of rotatable bonds is 37. The van der Waals surface area contributed by atoms with Crippen LogP contribution in [0.1, 0.15) is 175 Å². The van der Waals surface area contributed by atoms with E-state index in [1.807, 2.05) is 0 Å². The van der Waals surface area contributed by atoms with E-state index in [4.69, 9.17) is 5.73 Å². The van der Waals surface area contributed by atoms with Gasteiger partial charge in [0.2, 0.25) is 65.0 Å². The molecule has 2 rings (SSSR count). The van der Waals surface area contributed by atoms with Crippen molar-refractivity contribution in [1.82, 2.24) is 53.2 Å². The van der Waals surface area contributed by atoms with E-state index < -0.39 is 114 Å². The number of carbonyl (C=O) groups excluding carboxylic acids is 13. The van der Waals surface area contributed by atoms with Crippen LogP contribution in [0.2, 0.25) is 0 Å². The summed E-state index contributed by atoms with van der Waals surface area (Å²) in [7, 11) is 0. The zero-order chi connectivity index (χ0) is 57.3. The summed E-state index contributed by atoms with van der Waals surface area (Å²) < 4.78 is 0. The van der Waals surface area contributed by atoms with Gasteiger partial charge in [0.1, 0.15) is 30.2 Å². The summed E-state index contributed by atoms with van der Waals surface area (Å²) in [6.45, 7) is 5.48. The lowest BCUT2D eigenvalue weighted by Crippen LogP contribution is -2.49. The molecule has 0 bridgehead atoms. The van der Waals surface area contributed by atoms with Crippen molar-refractivity contribution in [3.05, 3.63) is 0 Å². The van der Waals surface area contributed by atoms with Gasteiger partial charge in [-0.05, 0) is 64.2 Å². The minimum atomic E-state index is -1.55. The molecule has 12 N–H and O–H groups in total. The third kappa shape index (κ3) is 37.8. The van der Waals surface area contributed by atoms with Crippen molar-refractivity contribution < 1.29 is 72.5 Å². The standard InChI is InChI=1S/C42H71N11O15.2C4H8/c1-5-28(49-25(2)54)38(64)46-21-11-16-34(58)53-30(14-7-9-19-45-42(68)32(24-37(62)63)51-27(4)56)40(66)48-22-12-17-35(59)52-29(39(65)47-20-10-15-33(43)57)13-6-8-18-44-41(67)31(23-36(60)61)50-26(3)55;2*1-2-4-3-1/h28-32H,5-24H2,1-4H3,(H2,43,57)(H,44,67)(H,45,68)(H,46,64)(H,47,65)(H,48,66)(H,49,54)(H,50,55)(H,51,56)(H,52,59)(H,53,58)(H,60,61)(H,62,63);2*1-4H2/p-2. The van der Waals surface area contributed by atoms with Crippen LogP contribution in [-0.4, -0.2) is 140 Å². The first-order valence-electron chi connectivity index (χ1n) is 26.5. The number of primary amides is 1. The van der Waals surface area contributed by atoms with Gasteiger partial charge in [0.05, 0.1) is 0 Å². The van der Waals surface area contributed by atoms with Crippen LogP contribution in [0.15, 0.2) is 0 Å². The van der Waals surface area contributed by atoms with Gasteiger partial charge in [0, 0.05) is 97.5 Å². The van der Waals surface area contributed by atoms with Gasteiger partial charge >= 0.3 is 0 Å². The Hall–Kier alpha value is -6.89. The highest BCUT2D eigenvalue weighted by atomic mass is 16.4. The maximum atomic E-state index is 13.3. The van der Waals surface area contributed by atoms with Crippen molar-refractivity contribution in [1.29, 1.82) is 0 Å². The van der Waals surface area contributed by atoms with Crippen LogP contribution in [0.5, 0.6) is 0 Å². The van der Waals surface area contributed by atoms with Crippen molar-refractivity contribution in [2.45, 2.75) is 206 Å². The van der Waals surface area contributed by atoms with Crippen molar-refractivity contribution in [3.8, 4) is 0 Å². The number of hydrogen-bond donors (Lipinski definition) is 11. The van der Waals surface area contributed by atoms with E-state index >= 15 is 0 Å². The summed E-state index contributed by atoms with van der Waals surface area (Å²) in [4.78, 5) is 157. The zero-order valence-corrected chi connectivity index (χ0v) is 44.9. The Morgan fingerprint density at radius 2 is 0.658 bits per heavy atom. The summed E-state index contributed by atoms with van der Waals surface area (Å²) in [6, 6.07) is -5.57. The molecule has 26 heteroatoms. The number of aliphatic carboxylic acids is 2. The van der Waals surface area contributed by atoms with Crippen molar-refractivity contribution in [2.24, 2.45) is 5.73 Å². The average Bonchev–Trinajstić information content (AvgIpc) is 3.28. The molecule has 2 saturated carbocycles. The monoisotopic (exact) mass is 1080 g/mol. The van der Waals surface area contributed by atoms with Crippen LogP contribution in [0.25, 0.3) is 0 Å². The van der Waals surface area contributed by atoms with E-state index in [1.54, 1.807) is 6.92 Å². The summed E-state index contributed by atoms with van der Waals surface area (Å²) in [5.41, 5.74) is 5.16. The maximum absolute atomic E-state index is 13.3. The third-order valence-electron chi connectivity index (χ3n) is 11.6. The van der Waals surface area contributed by atoms with Crippen molar-refractivity contribution >= 4 is 76.9 Å². The first kappa shape index (κ1) is 69.1. The number of amides is 11. The molecule has 0 radical (unpaired) electrons. The van der Waals surface area contributed by atoms with E-state index in [-0.39, 0.29) is 103 Å². The highest BCUT2D eigenvalue weighted by Crippen LogP contribution is 2.15. The van der Waals surface area contributed by atoms with Crippen LogP contribution < -0.4 is 69.1 Å². The summed E-state index contributed by atoms with van der Waals surface area (Å²) in [5, 5.41) is 47.3. The highest BCUT2D eigenvalue weighted by molar-refractivity contribution is 5.91. The predicted octanol–water partition coefficient (Wildman–Crippen LogP) is -2.97. The first-order valence-corrected chi connectivity index (χ1v) is 26.5. The Morgan fingerprint density at radius 3 is 0.934 bits per heavy atom. The SMILES string of the molecule is C1CCC1.C1CCC1.CCC(NC(C)=O)C(=O)NCCCC(=O)NC(CCCCNC(=O)C(CC(=O)[O-])NC(C)=O)C(=O)NCCCC(=O)NC(CCCCNC(=O)C(CC(=O)[O-])NC(C)=O)C(=O)NCCCC(N)=O. The molecule has 0 aromatic rings. The Kier molecular flexibility index (Phi) is 38.5. The molecule has 0 heterocycles. The van der Waals surface area contributed by atoms with Crippen molar-refractivity contribution in [3.63, 3.8) is 0 Å². The molecule has 0 spiro atoms. The molecular weight excluding hydrogens is 995 g/mol. The van der Waals surface area contributed by atoms with Gasteiger partial charge in [-0.15, -0.1) is 0 Å². The number of carbonyl (C=O) groups is 13. The minimum Gasteiger partial charge on any atom is -0.550 e.